The molecule has 5 heteroatoms. The van der Waals surface area contributed by atoms with E-state index in [0.717, 1.165) is 0 Å². The van der Waals surface area contributed by atoms with Crippen molar-refractivity contribution < 1.29 is 23.8 Å². The minimum atomic E-state index is -1.16. The molecule has 0 saturated heterocycles. The average molecular weight is 274 g/mol. The highest BCUT2D eigenvalue weighted by molar-refractivity contribution is 6.03. The fourth-order valence-electron chi connectivity index (χ4n) is 1.21. The summed E-state index contributed by atoms with van der Waals surface area (Å²) in [4.78, 5) is 23.4. The topological polar surface area (TPSA) is 61.8 Å². The summed E-state index contributed by atoms with van der Waals surface area (Å²) in [5.41, 5.74) is -1.16. The minimum Gasteiger partial charge on any atom is -0.465 e. The van der Waals surface area contributed by atoms with E-state index in [-0.39, 0.29) is 19.0 Å². The van der Waals surface area contributed by atoms with Crippen molar-refractivity contribution in [3.8, 4) is 0 Å². The van der Waals surface area contributed by atoms with Crippen LogP contribution in [-0.4, -0.2) is 44.8 Å². The Morgan fingerprint density at radius 1 is 1.11 bits per heavy atom. The number of carbonyl (C=O) groups is 2. The van der Waals surface area contributed by atoms with Crippen LogP contribution in [0.25, 0.3) is 0 Å². The van der Waals surface area contributed by atoms with E-state index >= 15 is 0 Å². The van der Waals surface area contributed by atoms with Crippen LogP contribution in [0.4, 0.5) is 0 Å². The molecule has 0 fully saturated rings. The Morgan fingerprint density at radius 3 is 2.21 bits per heavy atom. The maximum atomic E-state index is 11.9. The second-order valence-electron chi connectivity index (χ2n) is 5.29. The van der Waals surface area contributed by atoms with Crippen LogP contribution in [0.2, 0.25) is 0 Å². The van der Waals surface area contributed by atoms with Gasteiger partial charge in [0.1, 0.15) is 12.0 Å². The van der Waals surface area contributed by atoms with Crippen LogP contribution in [0.5, 0.6) is 0 Å². The first kappa shape index (κ1) is 18.1. The lowest BCUT2D eigenvalue weighted by atomic mass is 9.88. The molecule has 0 aromatic rings. The van der Waals surface area contributed by atoms with E-state index < -0.39 is 11.4 Å². The van der Waals surface area contributed by atoms with E-state index in [9.17, 15) is 9.59 Å². The van der Waals surface area contributed by atoms with Crippen molar-refractivity contribution in [2.45, 2.75) is 34.6 Å². The largest absolute Gasteiger partial charge is 0.465 e. The zero-order valence-electron chi connectivity index (χ0n) is 12.7. The molecule has 5 nitrogen and oxygen atoms in total. The molecule has 0 saturated carbocycles. The second kappa shape index (κ2) is 9.04. The molecule has 0 spiro atoms. The molecule has 0 aliphatic rings. The van der Waals surface area contributed by atoms with Gasteiger partial charge >= 0.3 is 5.97 Å². The van der Waals surface area contributed by atoms with E-state index in [0.29, 0.717) is 25.7 Å². The molecule has 0 aliphatic heterocycles. The highest BCUT2D eigenvalue weighted by Crippen LogP contribution is 2.19. The van der Waals surface area contributed by atoms with Crippen LogP contribution in [-0.2, 0) is 23.8 Å². The average Bonchev–Trinajstić information content (AvgIpc) is 2.33. The fourth-order valence-corrected chi connectivity index (χ4v) is 1.21. The van der Waals surface area contributed by atoms with Crippen LogP contribution >= 0.6 is 0 Å². The van der Waals surface area contributed by atoms with Gasteiger partial charge in [-0.15, -0.1) is 0 Å². The normalized spacial score (nSPS) is 11.7. The van der Waals surface area contributed by atoms with Crippen molar-refractivity contribution in [1.82, 2.24) is 0 Å². The predicted octanol–water partition coefficient (Wildman–Crippen LogP) is 1.83. The molecule has 0 aliphatic carbocycles. The number of rotatable bonds is 10. The summed E-state index contributed by atoms with van der Waals surface area (Å²) in [6.07, 6.45) is 0. The lowest BCUT2D eigenvalue weighted by molar-refractivity contribution is -0.159. The van der Waals surface area contributed by atoms with Crippen LogP contribution < -0.4 is 0 Å². The molecule has 19 heavy (non-hydrogen) atoms. The quantitative estimate of drug-likeness (QED) is 0.345. The maximum absolute atomic E-state index is 11.9. The molecule has 0 N–H and O–H groups in total. The minimum absolute atomic E-state index is 0.100. The maximum Gasteiger partial charge on any atom is 0.319 e. The van der Waals surface area contributed by atoms with Crippen molar-refractivity contribution in [3.05, 3.63) is 0 Å². The predicted molar refractivity (Wildman–Crippen MR) is 71.9 cm³/mol. The molecule has 0 aromatic carbocycles. The highest BCUT2D eigenvalue weighted by atomic mass is 16.5. The number of esters is 1. The van der Waals surface area contributed by atoms with Crippen molar-refractivity contribution in [3.63, 3.8) is 0 Å². The zero-order valence-corrected chi connectivity index (χ0v) is 12.7. The number of hydrogen-bond acceptors (Lipinski definition) is 5. The first-order chi connectivity index (χ1) is 8.82. The zero-order chi connectivity index (χ0) is 14.9. The van der Waals surface area contributed by atoms with Gasteiger partial charge in [0.05, 0.1) is 19.8 Å². The summed E-state index contributed by atoms with van der Waals surface area (Å²) < 4.78 is 15.4. The first-order valence-electron chi connectivity index (χ1n) is 6.68. The Labute approximate surface area is 115 Å². The number of ether oxygens (including phenoxy) is 3. The summed E-state index contributed by atoms with van der Waals surface area (Å²) in [7, 11) is 0. The van der Waals surface area contributed by atoms with Gasteiger partial charge in [-0.05, 0) is 26.7 Å². The van der Waals surface area contributed by atoms with E-state index in [2.05, 4.69) is 13.8 Å². The van der Waals surface area contributed by atoms with Crippen molar-refractivity contribution in [2.24, 2.45) is 11.3 Å². The van der Waals surface area contributed by atoms with Gasteiger partial charge in [-0.3, -0.25) is 9.59 Å². The molecule has 0 bridgehead atoms. The first-order valence-corrected chi connectivity index (χ1v) is 6.68. The third-order valence-electron chi connectivity index (χ3n) is 2.54. The van der Waals surface area contributed by atoms with Gasteiger partial charge in [-0.2, -0.15) is 0 Å². The Morgan fingerprint density at radius 2 is 1.68 bits per heavy atom. The molecule has 112 valence electrons. The van der Waals surface area contributed by atoms with Gasteiger partial charge in [0.15, 0.2) is 5.78 Å². The van der Waals surface area contributed by atoms with Gasteiger partial charge < -0.3 is 14.2 Å². The van der Waals surface area contributed by atoms with E-state index in [1.807, 2.05) is 0 Å². The standard InChI is InChI=1S/C14H26O5/c1-6-19-13(16)14(4,5)12(15)10-18-8-7-17-9-11(2)3/h11H,6-10H2,1-5H3. The second-order valence-corrected chi connectivity index (χ2v) is 5.29. The van der Waals surface area contributed by atoms with Crippen molar-refractivity contribution in [2.75, 3.05) is 33.0 Å². The van der Waals surface area contributed by atoms with E-state index in [1.165, 1.54) is 0 Å². The molecule has 0 amide bonds. The van der Waals surface area contributed by atoms with Crippen LogP contribution in [0.3, 0.4) is 0 Å². The smallest absolute Gasteiger partial charge is 0.319 e. The van der Waals surface area contributed by atoms with Gasteiger partial charge in [0.25, 0.3) is 0 Å². The third kappa shape index (κ3) is 7.28. The van der Waals surface area contributed by atoms with Crippen molar-refractivity contribution in [1.29, 1.82) is 0 Å². The van der Waals surface area contributed by atoms with Gasteiger partial charge in [0, 0.05) is 6.61 Å². The molecular formula is C14H26O5. The summed E-state index contributed by atoms with van der Waals surface area (Å²) in [5.74, 6) is -0.321. The van der Waals surface area contributed by atoms with Crippen LogP contribution in [0.15, 0.2) is 0 Å². The van der Waals surface area contributed by atoms with Crippen molar-refractivity contribution >= 4 is 11.8 Å². The number of carbonyl (C=O) groups excluding carboxylic acids is 2. The molecule has 0 unspecified atom stereocenters. The lowest BCUT2D eigenvalue weighted by Gasteiger charge is -2.20. The molecular weight excluding hydrogens is 248 g/mol. The third-order valence-corrected chi connectivity index (χ3v) is 2.54. The SMILES string of the molecule is CCOC(=O)C(C)(C)C(=O)COCCOCC(C)C. The summed E-state index contributed by atoms with van der Waals surface area (Å²) in [6.45, 7) is 10.6. The summed E-state index contributed by atoms with van der Waals surface area (Å²) in [6, 6.07) is 0. The van der Waals surface area contributed by atoms with Gasteiger partial charge in [-0.25, -0.2) is 0 Å². The molecule has 0 atom stereocenters. The Hall–Kier alpha value is -0.940. The summed E-state index contributed by atoms with van der Waals surface area (Å²) >= 11 is 0. The highest BCUT2D eigenvalue weighted by Gasteiger charge is 2.37. The van der Waals surface area contributed by atoms with Crippen LogP contribution in [0, 0.1) is 11.3 Å². The molecule has 0 radical (unpaired) electrons. The van der Waals surface area contributed by atoms with Gasteiger partial charge in [-0.1, -0.05) is 13.8 Å². The Balaban J connectivity index is 3.87. The van der Waals surface area contributed by atoms with Gasteiger partial charge in [0.2, 0.25) is 0 Å². The molecule has 0 rings (SSSR count). The monoisotopic (exact) mass is 274 g/mol. The lowest BCUT2D eigenvalue weighted by Crippen LogP contribution is -2.37. The number of ketones is 1. The fraction of sp³-hybridized carbons (Fsp3) is 0.857. The Kier molecular flexibility index (Phi) is 8.59. The van der Waals surface area contributed by atoms with E-state index in [1.54, 1.807) is 20.8 Å². The van der Waals surface area contributed by atoms with E-state index in [4.69, 9.17) is 14.2 Å². The molecule has 0 heterocycles. The molecule has 0 aromatic heterocycles. The number of Topliss-reactive ketones (excluding diaryl/α,β-unsaturated/α-hetero) is 1. The number of hydrogen-bond donors (Lipinski definition) is 0. The van der Waals surface area contributed by atoms with Crippen LogP contribution in [0.1, 0.15) is 34.6 Å². The summed E-state index contributed by atoms with van der Waals surface area (Å²) in [5, 5.41) is 0. The Bertz CT molecular complexity index is 284.